The van der Waals surface area contributed by atoms with Crippen molar-refractivity contribution in [2.75, 3.05) is 25.4 Å². The zero-order valence-electron chi connectivity index (χ0n) is 10.1. The van der Waals surface area contributed by atoms with Crippen LogP contribution in [-0.4, -0.2) is 41.4 Å². The summed E-state index contributed by atoms with van der Waals surface area (Å²) in [5.74, 6) is 0.329. The van der Waals surface area contributed by atoms with Crippen LogP contribution < -0.4 is 5.73 Å². The van der Waals surface area contributed by atoms with E-state index < -0.39 is 0 Å². The minimum Gasteiger partial charge on any atom is -0.340 e. The molecule has 0 saturated carbocycles. The average Bonchev–Trinajstić information content (AvgIpc) is 2.35. The van der Waals surface area contributed by atoms with Gasteiger partial charge >= 0.3 is 0 Å². The lowest BCUT2D eigenvalue weighted by molar-refractivity contribution is -0.128. The molecular weight excluding hydrogens is 236 g/mol. The lowest BCUT2D eigenvalue weighted by atomic mass is 10.3. The van der Waals surface area contributed by atoms with Gasteiger partial charge in [0.15, 0.2) is 0 Å². The van der Waals surface area contributed by atoms with Crippen LogP contribution in [0.3, 0.4) is 0 Å². The molecule has 94 valence electrons. The Bertz CT molecular complexity index is 290. The number of carbonyl (C=O) groups is 1. The number of hydrogen-bond donors (Lipinski definition) is 1. The van der Waals surface area contributed by atoms with Crippen molar-refractivity contribution in [1.29, 1.82) is 10.5 Å². The van der Waals surface area contributed by atoms with Gasteiger partial charge in [0.2, 0.25) is 5.91 Å². The molecule has 0 radical (unpaired) electrons. The van der Waals surface area contributed by atoms with Crippen molar-refractivity contribution in [1.82, 2.24) is 4.90 Å². The van der Waals surface area contributed by atoms with Crippen molar-refractivity contribution in [3.8, 4) is 12.1 Å². The maximum absolute atomic E-state index is 11.8. The van der Waals surface area contributed by atoms with Gasteiger partial charge in [-0.25, -0.2) is 0 Å². The van der Waals surface area contributed by atoms with Crippen molar-refractivity contribution in [2.45, 2.75) is 25.0 Å². The van der Waals surface area contributed by atoms with E-state index in [1.807, 2.05) is 19.1 Å². The molecule has 0 fully saturated rings. The standard InChI is InChI=1S/C11H18N4OS/c1-10(8-14)17-9-11(16)15(6-2-4-12)7-3-5-13/h10H,2-3,6-9,14H2,1H3. The Morgan fingerprint density at radius 2 is 1.88 bits per heavy atom. The average molecular weight is 254 g/mol. The lowest BCUT2D eigenvalue weighted by Crippen LogP contribution is -2.34. The zero-order valence-corrected chi connectivity index (χ0v) is 10.9. The molecule has 0 rings (SSSR count). The molecule has 0 aliphatic heterocycles. The summed E-state index contributed by atoms with van der Waals surface area (Å²) >= 11 is 1.50. The monoisotopic (exact) mass is 254 g/mol. The molecule has 1 amide bonds. The molecule has 1 unspecified atom stereocenters. The normalized spacial score (nSPS) is 11.3. The third kappa shape index (κ3) is 7.62. The number of thioether (sulfide) groups is 1. The number of nitrogens with zero attached hydrogens (tertiary/aromatic N) is 3. The van der Waals surface area contributed by atoms with Crippen molar-refractivity contribution in [2.24, 2.45) is 5.73 Å². The van der Waals surface area contributed by atoms with E-state index in [0.29, 0.717) is 38.2 Å². The van der Waals surface area contributed by atoms with Gasteiger partial charge in [-0.1, -0.05) is 6.92 Å². The molecule has 6 heteroatoms. The van der Waals surface area contributed by atoms with Gasteiger partial charge in [0.1, 0.15) is 0 Å². The highest BCUT2D eigenvalue weighted by molar-refractivity contribution is 8.00. The van der Waals surface area contributed by atoms with E-state index >= 15 is 0 Å². The van der Waals surface area contributed by atoms with Crippen LogP contribution >= 0.6 is 11.8 Å². The van der Waals surface area contributed by atoms with E-state index in [1.165, 1.54) is 11.8 Å². The summed E-state index contributed by atoms with van der Waals surface area (Å²) in [5.41, 5.74) is 5.46. The molecule has 0 aliphatic rings. The van der Waals surface area contributed by atoms with E-state index in [1.54, 1.807) is 4.90 Å². The molecule has 2 N–H and O–H groups in total. The van der Waals surface area contributed by atoms with Gasteiger partial charge in [-0.15, -0.1) is 11.8 Å². The molecular formula is C11H18N4OS. The molecule has 0 aromatic heterocycles. The predicted molar refractivity (Wildman–Crippen MR) is 68.0 cm³/mol. The summed E-state index contributed by atoms with van der Waals surface area (Å²) < 4.78 is 0. The second-order valence-corrected chi connectivity index (χ2v) is 4.98. The van der Waals surface area contributed by atoms with E-state index in [-0.39, 0.29) is 11.2 Å². The minimum absolute atomic E-state index is 0.0270. The first-order chi connectivity index (χ1) is 8.15. The van der Waals surface area contributed by atoms with Crippen molar-refractivity contribution in [3.05, 3.63) is 0 Å². The summed E-state index contributed by atoms with van der Waals surface area (Å²) in [6, 6.07) is 4.00. The van der Waals surface area contributed by atoms with Gasteiger partial charge in [0, 0.05) is 24.9 Å². The van der Waals surface area contributed by atoms with Crippen LogP contribution in [0.2, 0.25) is 0 Å². The fourth-order valence-electron chi connectivity index (χ4n) is 1.10. The highest BCUT2D eigenvalue weighted by Gasteiger charge is 2.14. The van der Waals surface area contributed by atoms with Crippen LogP contribution in [-0.2, 0) is 4.79 Å². The van der Waals surface area contributed by atoms with E-state index in [9.17, 15) is 4.79 Å². The molecule has 0 saturated heterocycles. The highest BCUT2D eigenvalue weighted by Crippen LogP contribution is 2.10. The van der Waals surface area contributed by atoms with Crippen LogP contribution in [0.4, 0.5) is 0 Å². The summed E-state index contributed by atoms with van der Waals surface area (Å²) in [6.45, 7) is 3.30. The molecule has 0 aromatic carbocycles. The molecule has 5 nitrogen and oxygen atoms in total. The summed E-state index contributed by atoms with van der Waals surface area (Å²) in [6.07, 6.45) is 0.600. The minimum atomic E-state index is -0.0270. The summed E-state index contributed by atoms with van der Waals surface area (Å²) in [7, 11) is 0. The molecule has 0 spiro atoms. The quantitative estimate of drug-likeness (QED) is 0.689. The maximum atomic E-state index is 11.8. The van der Waals surface area contributed by atoms with Crippen LogP contribution in [0, 0.1) is 22.7 Å². The third-order valence-electron chi connectivity index (χ3n) is 2.16. The lowest BCUT2D eigenvalue weighted by Gasteiger charge is -2.20. The Hall–Kier alpha value is -1.24. The van der Waals surface area contributed by atoms with Crippen LogP contribution in [0.1, 0.15) is 19.8 Å². The maximum Gasteiger partial charge on any atom is 0.232 e. The molecule has 0 heterocycles. The Balaban J connectivity index is 4.13. The predicted octanol–water partition coefficient (Wildman–Crippen LogP) is 0.723. The fraction of sp³-hybridized carbons (Fsp3) is 0.727. The van der Waals surface area contributed by atoms with Crippen molar-refractivity contribution < 1.29 is 4.79 Å². The highest BCUT2D eigenvalue weighted by atomic mass is 32.2. The van der Waals surface area contributed by atoms with Gasteiger partial charge in [0.05, 0.1) is 30.7 Å². The molecule has 0 aliphatic carbocycles. The molecule has 0 bridgehead atoms. The van der Waals surface area contributed by atoms with Crippen molar-refractivity contribution in [3.63, 3.8) is 0 Å². The van der Waals surface area contributed by atoms with Gasteiger partial charge in [-0.05, 0) is 0 Å². The van der Waals surface area contributed by atoms with Gasteiger partial charge < -0.3 is 10.6 Å². The fourth-order valence-corrected chi connectivity index (χ4v) is 1.85. The van der Waals surface area contributed by atoms with E-state index in [0.717, 1.165) is 0 Å². The first-order valence-corrected chi connectivity index (χ1v) is 6.54. The Kier molecular flexibility index (Phi) is 9.22. The zero-order chi connectivity index (χ0) is 13.1. The SMILES string of the molecule is CC(CN)SCC(=O)N(CCC#N)CCC#N. The number of amides is 1. The number of carbonyl (C=O) groups excluding carboxylic acids is 1. The van der Waals surface area contributed by atoms with Crippen LogP contribution in [0.25, 0.3) is 0 Å². The van der Waals surface area contributed by atoms with E-state index in [2.05, 4.69) is 0 Å². The Morgan fingerprint density at radius 3 is 2.29 bits per heavy atom. The number of rotatable bonds is 8. The Labute approximate surface area is 107 Å². The smallest absolute Gasteiger partial charge is 0.232 e. The number of nitriles is 2. The Morgan fingerprint density at radius 1 is 1.35 bits per heavy atom. The van der Waals surface area contributed by atoms with Gasteiger partial charge in [0.25, 0.3) is 0 Å². The molecule has 1 atom stereocenters. The van der Waals surface area contributed by atoms with Gasteiger partial charge in [-0.3, -0.25) is 4.79 Å². The van der Waals surface area contributed by atoms with Crippen LogP contribution in [0.5, 0.6) is 0 Å². The molecule has 0 aromatic rings. The largest absolute Gasteiger partial charge is 0.340 e. The van der Waals surface area contributed by atoms with E-state index in [4.69, 9.17) is 16.3 Å². The number of hydrogen-bond acceptors (Lipinski definition) is 5. The second kappa shape index (κ2) is 9.95. The van der Waals surface area contributed by atoms with Gasteiger partial charge in [-0.2, -0.15) is 10.5 Å². The first-order valence-electron chi connectivity index (χ1n) is 5.49. The molecule has 17 heavy (non-hydrogen) atoms. The first kappa shape index (κ1) is 15.8. The summed E-state index contributed by atoms with van der Waals surface area (Å²) in [4.78, 5) is 13.4. The topological polar surface area (TPSA) is 93.9 Å². The summed E-state index contributed by atoms with van der Waals surface area (Å²) in [5, 5.41) is 17.3. The third-order valence-corrected chi connectivity index (χ3v) is 3.34. The van der Waals surface area contributed by atoms with Crippen molar-refractivity contribution >= 4 is 17.7 Å². The number of nitrogens with two attached hydrogens (primary N) is 1. The van der Waals surface area contributed by atoms with Crippen LogP contribution in [0.15, 0.2) is 0 Å². The second-order valence-electron chi connectivity index (χ2n) is 3.55.